The smallest absolute Gasteiger partial charge is 0.225 e. The van der Waals surface area contributed by atoms with Crippen LogP contribution in [-0.4, -0.2) is 42.9 Å². The van der Waals surface area contributed by atoms with Crippen LogP contribution in [0.2, 0.25) is 10.0 Å². The molecule has 132 valence electrons. The topological polar surface area (TPSA) is 61.4 Å². The Morgan fingerprint density at radius 3 is 2.67 bits per heavy atom. The van der Waals surface area contributed by atoms with Crippen molar-refractivity contribution in [3.8, 4) is 0 Å². The Balaban J connectivity index is 1.78. The predicted octanol–water partition coefficient (Wildman–Crippen LogP) is 3.17. The molecule has 1 aliphatic heterocycles. The van der Waals surface area contributed by atoms with E-state index in [0.29, 0.717) is 41.2 Å². The first-order valence-corrected chi connectivity index (χ1v) is 8.92. The number of piperidine rings is 1. The molecule has 5 nitrogen and oxygen atoms in total. The minimum Gasteiger partial charge on any atom is -0.356 e. The number of halogens is 2. The molecule has 1 saturated heterocycles. The van der Waals surface area contributed by atoms with Crippen molar-refractivity contribution < 1.29 is 9.59 Å². The highest BCUT2D eigenvalue weighted by Gasteiger charge is 2.20. The molecule has 2 N–H and O–H groups in total. The Morgan fingerprint density at radius 1 is 1.29 bits per heavy atom. The molecule has 1 aliphatic rings. The van der Waals surface area contributed by atoms with E-state index in [4.69, 9.17) is 23.2 Å². The Kier molecular flexibility index (Phi) is 7.34. The minimum absolute atomic E-state index is 0.00289. The Labute approximate surface area is 152 Å². The van der Waals surface area contributed by atoms with E-state index in [1.54, 1.807) is 18.2 Å². The standard InChI is InChI=1S/C17H23Cl2N3O2/c1-12(23)20-10-13-4-3-8-22(11-13)9-7-16(24)21-17-14(18)5-2-6-15(17)19/h2,5-6,13H,3-4,7-11H2,1H3,(H,20,23)(H,21,24). The quantitative estimate of drug-likeness (QED) is 0.806. The second-order valence-electron chi connectivity index (χ2n) is 6.14. The van der Waals surface area contributed by atoms with Gasteiger partial charge >= 0.3 is 0 Å². The number of anilines is 1. The summed E-state index contributed by atoms with van der Waals surface area (Å²) >= 11 is 12.1. The monoisotopic (exact) mass is 371 g/mol. The summed E-state index contributed by atoms with van der Waals surface area (Å²) in [7, 11) is 0. The molecule has 0 aromatic heterocycles. The maximum Gasteiger partial charge on any atom is 0.225 e. The fraction of sp³-hybridized carbons (Fsp3) is 0.529. The lowest BCUT2D eigenvalue weighted by Gasteiger charge is -2.32. The number of para-hydroxylation sites is 1. The number of carbonyl (C=O) groups is 2. The number of nitrogens with zero attached hydrogens (tertiary/aromatic N) is 1. The van der Waals surface area contributed by atoms with Crippen molar-refractivity contribution in [1.29, 1.82) is 0 Å². The number of rotatable bonds is 6. The number of hydrogen-bond acceptors (Lipinski definition) is 3. The molecule has 1 heterocycles. The fourth-order valence-corrected chi connectivity index (χ4v) is 3.38. The first-order valence-electron chi connectivity index (χ1n) is 8.16. The van der Waals surface area contributed by atoms with Crippen molar-refractivity contribution in [2.45, 2.75) is 26.2 Å². The highest BCUT2D eigenvalue weighted by molar-refractivity contribution is 6.39. The summed E-state index contributed by atoms with van der Waals surface area (Å²) in [5.41, 5.74) is 0.466. The van der Waals surface area contributed by atoms with Gasteiger partial charge in [-0.3, -0.25) is 9.59 Å². The van der Waals surface area contributed by atoms with Gasteiger partial charge in [0.1, 0.15) is 0 Å². The summed E-state index contributed by atoms with van der Waals surface area (Å²) in [5.74, 6) is 0.348. The van der Waals surface area contributed by atoms with Crippen molar-refractivity contribution in [2.24, 2.45) is 5.92 Å². The normalized spacial score (nSPS) is 18.2. The van der Waals surface area contributed by atoms with E-state index in [9.17, 15) is 9.59 Å². The van der Waals surface area contributed by atoms with Gasteiger partial charge in [0.05, 0.1) is 15.7 Å². The largest absolute Gasteiger partial charge is 0.356 e. The molecule has 7 heteroatoms. The summed E-state index contributed by atoms with van der Waals surface area (Å²) in [6, 6.07) is 5.13. The van der Waals surface area contributed by atoms with Crippen molar-refractivity contribution in [3.05, 3.63) is 28.2 Å². The molecule has 1 aromatic carbocycles. The van der Waals surface area contributed by atoms with Crippen LogP contribution in [0.5, 0.6) is 0 Å². The lowest BCUT2D eigenvalue weighted by Crippen LogP contribution is -2.41. The molecule has 2 rings (SSSR count). The molecule has 2 amide bonds. The summed E-state index contributed by atoms with van der Waals surface area (Å²) < 4.78 is 0. The zero-order valence-corrected chi connectivity index (χ0v) is 15.3. The summed E-state index contributed by atoms with van der Waals surface area (Å²) in [6.45, 7) is 4.81. The van der Waals surface area contributed by atoms with Crippen LogP contribution in [0.4, 0.5) is 5.69 Å². The van der Waals surface area contributed by atoms with E-state index in [1.165, 1.54) is 6.92 Å². The van der Waals surface area contributed by atoms with Crippen molar-refractivity contribution in [2.75, 3.05) is 31.5 Å². The molecule has 0 spiro atoms. The van der Waals surface area contributed by atoms with E-state index >= 15 is 0 Å². The molecular weight excluding hydrogens is 349 g/mol. The van der Waals surface area contributed by atoms with Crippen LogP contribution in [0.25, 0.3) is 0 Å². The number of benzene rings is 1. The second kappa shape index (κ2) is 9.25. The van der Waals surface area contributed by atoms with Gasteiger partial charge in [0.25, 0.3) is 0 Å². The summed E-state index contributed by atoms with van der Waals surface area (Å²) in [6.07, 6.45) is 2.58. The molecule has 0 bridgehead atoms. The maximum absolute atomic E-state index is 12.1. The highest BCUT2D eigenvalue weighted by Crippen LogP contribution is 2.29. The second-order valence-corrected chi connectivity index (χ2v) is 6.96. The Hall–Kier alpha value is -1.30. The molecule has 1 aromatic rings. The number of carbonyl (C=O) groups excluding carboxylic acids is 2. The van der Waals surface area contributed by atoms with Crippen LogP contribution in [0, 0.1) is 5.92 Å². The SMILES string of the molecule is CC(=O)NCC1CCCN(CCC(=O)Nc2c(Cl)cccc2Cl)C1. The number of amides is 2. The number of likely N-dealkylation sites (tertiary alicyclic amines) is 1. The average Bonchev–Trinajstić information content (AvgIpc) is 2.55. The first-order chi connectivity index (χ1) is 11.5. The van der Waals surface area contributed by atoms with Crippen molar-refractivity contribution in [1.82, 2.24) is 10.2 Å². The van der Waals surface area contributed by atoms with Gasteiger partial charge in [-0.25, -0.2) is 0 Å². The lowest BCUT2D eigenvalue weighted by atomic mass is 9.98. The summed E-state index contributed by atoms with van der Waals surface area (Å²) in [5, 5.41) is 6.52. The van der Waals surface area contributed by atoms with E-state index in [0.717, 1.165) is 25.9 Å². The van der Waals surface area contributed by atoms with Gasteiger partial charge in [-0.15, -0.1) is 0 Å². The predicted molar refractivity (Wildman–Crippen MR) is 97.6 cm³/mol. The zero-order valence-electron chi connectivity index (χ0n) is 13.8. The molecule has 24 heavy (non-hydrogen) atoms. The van der Waals surface area contributed by atoms with Crippen molar-refractivity contribution in [3.63, 3.8) is 0 Å². The van der Waals surface area contributed by atoms with E-state index in [1.807, 2.05) is 0 Å². The third-order valence-corrected chi connectivity index (χ3v) is 4.76. The third kappa shape index (κ3) is 5.96. The van der Waals surface area contributed by atoms with Crippen LogP contribution in [-0.2, 0) is 9.59 Å². The molecule has 1 atom stereocenters. The minimum atomic E-state index is -0.103. The molecule has 0 radical (unpaired) electrons. The molecule has 1 unspecified atom stereocenters. The van der Waals surface area contributed by atoms with Crippen molar-refractivity contribution >= 4 is 40.7 Å². The average molecular weight is 372 g/mol. The van der Waals surface area contributed by atoms with Crippen LogP contribution >= 0.6 is 23.2 Å². The summed E-state index contributed by atoms with van der Waals surface area (Å²) in [4.78, 5) is 25.4. The molecule has 1 fully saturated rings. The van der Waals surface area contributed by atoms with Crippen LogP contribution in [0.3, 0.4) is 0 Å². The maximum atomic E-state index is 12.1. The molecule has 0 saturated carbocycles. The first kappa shape index (κ1) is 19.0. The third-order valence-electron chi connectivity index (χ3n) is 4.13. The van der Waals surface area contributed by atoms with E-state index < -0.39 is 0 Å². The van der Waals surface area contributed by atoms with Gasteiger partial charge in [-0.05, 0) is 37.4 Å². The number of nitrogens with one attached hydrogen (secondary N) is 2. The lowest BCUT2D eigenvalue weighted by molar-refractivity contribution is -0.119. The van der Waals surface area contributed by atoms with Gasteiger partial charge in [0.15, 0.2) is 0 Å². The highest BCUT2D eigenvalue weighted by atomic mass is 35.5. The van der Waals surface area contributed by atoms with Gasteiger partial charge < -0.3 is 15.5 Å². The van der Waals surface area contributed by atoms with E-state index in [-0.39, 0.29) is 11.8 Å². The van der Waals surface area contributed by atoms with Gasteiger partial charge in [-0.1, -0.05) is 29.3 Å². The van der Waals surface area contributed by atoms with Gasteiger partial charge in [-0.2, -0.15) is 0 Å². The van der Waals surface area contributed by atoms with Crippen LogP contribution < -0.4 is 10.6 Å². The number of hydrogen-bond donors (Lipinski definition) is 2. The van der Waals surface area contributed by atoms with Gasteiger partial charge in [0, 0.05) is 33.0 Å². The zero-order chi connectivity index (χ0) is 17.5. The van der Waals surface area contributed by atoms with Crippen LogP contribution in [0.1, 0.15) is 26.2 Å². The molecular formula is C17H23Cl2N3O2. The van der Waals surface area contributed by atoms with Crippen LogP contribution in [0.15, 0.2) is 18.2 Å². The Morgan fingerprint density at radius 2 is 2.00 bits per heavy atom. The Bertz CT molecular complexity index is 575. The molecule has 0 aliphatic carbocycles. The van der Waals surface area contributed by atoms with Gasteiger partial charge in [0.2, 0.25) is 11.8 Å². The fourth-order valence-electron chi connectivity index (χ4n) is 2.89. The van der Waals surface area contributed by atoms with E-state index in [2.05, 4.69) is 15.5 Å².